The molecule has 1 heterocycles. The maximum Gasteiger partial charge on any atom is 0.494 e. The van der Waals surface area contributed by atoms with Gasteiger partial charge in [0.05, 0.1) is 0 Å². The first-order valence-corrected chi connectivity index (χ1v) is 4.01. The highest BCUT2D eigenvalue weighted by Crippen LogP contribution is 1.88. The van der Waals surface area contributed by atoms with Crippen LogP contribution in [0.3, 0.4) is 0 Å². The third-order valence-corrected chi connectivity index (χ3v) is 1.61. The first-order valence-electron chi connectivity index (χ1n) is 4.01. The molecule has 66 valence electrons. The largest absolute Gasteiger partial charge is 0.494 e. The molecule has 1 N–H and O–H groups in total. The quantitative estimate of drug-likeness (QED) is 0.623. The Bertz CT molecular complexity index is 239. The van der Waals surface area contributed by atoms with E-state index in [9.17, 15) is 5.02 Å². The SMILES string of the molecule is CCCn1cc(B(O)OC)cn1. The smallest absolute Gasteiger partial charge is 0.423 e. The second kappa shape index (κ2) is 4.28. The van der Waals surface area contributed by atoms with Crippen molar-refractivity contribution >= 4 is 12.6 Å². The maximum atomic E-state index is 9.24. The summed E-state index contributed by atoms with van der Waals surface area (Å²) in [7, 11) is 0.609. The normalized spacial score (nSPS) is 10.2. The molecule has 0 aliphatic rings. The van der Waals surface area contributed by atoms with Crippen LogP contribution in [0.15, 0.2) is 12.4 Å². The highest BCUT2D eigenvalue weighted by molar-refractivity contribution is 6.59. The first-order chi connectivity index (χ1) is 5.77. The molecule has 0 amide bonds. The van der Waals surface area contributed by atoms with Crippen molar-refractivity contribution in [3.8, 4) is 0 Å². The van der Waals surface area contributed by atoms with E-state index < -0.39 is 7.12 Å². The Morgan fingerprint density at radius 1 is 1.75 bits per heavy atom. The molecular weight excluding hydrogens is 155 g/mol. The van der Waals surface area contributed by atoms with Crippen molar-refractivity contribution in [2.75, 3.05) is 7.11 Å². The molecule has 5 heteroatoms. The van der Waals surface area contributed by atoms with Crippen LogP contribution in [-0.4, -0.2) is 29.0 Å². The second-order valence-corrected chi connectivity index (χ2v) is 2.62. The minimum absolute atomic E-state index is 0.700. The van der Waals surface area contributed by atoms with Crippen molar-refractivity contribution in [1.29, 1.82) is 0 Å². The van der Waals surface area contributed by atoms with Gasteiger partial charge >= 0.3 is 7.12 Å². The van der Waals surface area contributed by atoms with Crippen LogP contribution in [0.4, 0.5) is 0 Å². The van der Waals surface area contributed by atoms with Gasteiger partial charge in [0.1, 0.15) is 0 Å². The van der Waals surface area contributed by atoms with Crippen molar-refractivity contribution in [2.24, 2.45) is 0 Å². The van der Waals surface area contributed by atoms with Gasteiger partial charge in [-0.15, -0.1) is 0 Å². The van der Waals surface area contributed by atoms with Gasteiger partial charge in [-0.05, 0) is 6.42 Å². The fraction of sp³-hybridized carbons (Fsp3) is 0.571. The lowest BCUT2D eigenvalue weighted by atomic mass is 9.82. The van der Waals surface area contributed by atoms with Crippen LogP contribution in [0.5, 0.6) is 0 Å². The van der Waals surface area contributed by atoms with Crippen LogP contribution in [0.1, 0.15) is 13.3 Å². The molecule has 0 radical (unpaired) electrons. The first kappa shape index (κ1) is 9.28. The summed E-state index contributed by atoms with van der Waals surface area (Å²) in [5.74, 6) is 0. The summed E-state index contributed by atoms with van der Waals surface area (Å²) < 4.78 is 6.52. The molecule has 0 saturated carbocycles. The molecule has 0 spiro atoms. The molecule has 0 aliphatic heterocycles. The fourth-order valence-electron chi connectivity index (χ4n) is 0.995. The lowest BCUT2D eigenvalue weighted by Crippen LogP contribution is -2.31. The van der Waals surface area contributed by atoms with Crippen molar-refractivity contribution in [2.45, 2.75) is 19.9 Å². The van der Waals surface area contributed by atoms with Crippen LogP contribution >= 0.6 is 0 Å². The van der Waals surface area contributed by atoms with Crippen LogP contribution in [0.25, 0.3) is 0 Å². The summed E-state index contributed by atoms with van der Waals surface area (Å²) in [6.07, 6.45) is 4.44. The molecular formula is C7H13BN2O2. The van der Waals surface area contributed by atoms with E-state index in [1.807, 2.05) is 0 Å². The summed E-state index contributed by atoms with van der Waals surface area (Å²) in [6.45, 7) is 2.95. The number of aromatic nitrogens is 2. The van der Waals surface area contributed by atoms with Crippen LogP contribution in [-0.2, 0) is 11.2 Å². The van der Waals surface area contributed by atoms with Gasteiger partial charge in [0.25, 0.3) is 0 Å². The predicted molar refractivity (Wildman–Crippen MR) is 47.1 cm³/mol. The molecule has 0 saturated heterocycles. The average molecular weight is 168 g/mol. The van der Waals surface area contributed by atoms with Crippen molar-refractivity contribution in [3.63, 3.8) is 0 Å². The van der Waals surface area contributed by atoms with E-state index in [0.717, 1.165) is 13.0 Å². The third kappa shape index (κ3) is 2.09. The number of hydrogen-bond acceptors (Lipinski definition) is 3. The molecule has 1 aromatic rings. The van der Waals surface area contributed by atoms with Gasteiger partial charge < -0.3 is 9.68 Å². The summed E-state index contributed by atoms with van der Waals surface area (Å²) in [5.41, 5.74) is 0.700. The van der Waals surface area contributed by atoms with Gasteiger partial charge in [-0.2, -0.15) is 5.10 Å². The molecule has 0 aromatic carbocycles. The van der Waals surface area contributed by atoms with Crippen LogP contribution in [0, 0.1) is 0 Å². The van der Waals surface area contributed by atoms with E-state index in [1.165, 1.54) is 7.11 Å². The zero-order valence-corrected chi connectivity index (χ0v) is 7.40. The molecule has 1 aromatic heterocycles. The maximum absolute atomic E-state index is 9.24. The highest BCUT2D eigenvalue weighted by atomic mass is 16.5. The number of rotatable bonds is 4. The van der Waals surface area contributed by atoms with Crippen LogP contribution in [0.2, 0.25) is 0 Å². The van der Waals surface area contributed by atoms with Gasteiger partial charge in [0.2, 0.25) is 0 Å². The summed E-state index contributed by atoms with van der Waals surface area (Å²) >= 11 is 0. The fourth-order valence-corrected chi connectivity index (χ4v) is 0.995. The molecule has 12 heavy (non-hydrogen) atoms. The summed E-state index contributed by atoms with van der Waals surface area (Å²) in [4.78, 5) is 0. The molecule has 0 unspecified atom stereocenters. The van der Waals surface area contributed by atoms with Crippen molar-refractivity contribution in [1.82, 2.24) is 9.78 Å². The van der Waals surface area contributed by atoms with Gasteiger partial charge in [-0.25, -0.2) is 0 Å². The molecule has 0 aliphatic carbocycles. The van der Waals surface area contributed by atoms with Crippen molar-refractivity contribution < 1.29 is 9.68 Å². The topological polar surface area (TPSA) is 47.3 Å². The summed E-state index contributed by atoms with van der Waals surface area (Å²) in [6, 6.07) is 0. The van der Waals surface area contributed by atoms with Gasteiger partial charge in [-0.3, -0.25) is 4.68 Å². The zero-order valence-electron chi connectivity index (χ0n) is 7.40. The Kier molecular flexibility index (Phi) is 3.31. The second-order valence-electron chi connectivity index (χ2n) is 2.62. The minimum Gasteiger partial charge on any atom is -0.423 e. The summed E-state index contributed by atoms with van der Waals surface area (Å²) in [5, 5.41) is 13.3. The van der Waals surface area contributed by atoms with Gasteiger partial charge in [0, 0.05) is 31.5 Å². The van der Waals surface area contributed by atoms with E-state index >= 15 is 0 Å². The lowest BCUT2D eigenvalue weighted by Gasteiger charge is -1.98. The Morgan fingerprint density at radius 2 is 2.50 bits per heavy atom. The average Bonchev–Trinajstić information content (AvgIpc) is 2.52. The third-order valence-electron chi connectivity index (χ3n) is 1.61. The van der Waals surface area contributed by atoms with E-state index in [1.54, 1.807) is 17.1 Å². The predicted octanol–water partition coefficient (Wildman–Crippen LogP) is -0.373. The van der Waals surface area contributed by atoms with Gasteiger partial charge in [0.15, 0.2) is 0 Å². The number of aryl methyl sites for hydroxylation is 1. The minimum atomic E-state index is -0.851. The Labute approximate surface area is 72.3 Å². The molecule has 0 atom stereocenters. The Hall–Kier alpha value is -0.805. The highest BCUT2D eigenvalue weighted by Gasteiger charge is 2.15. The Morgan fingerprint density at radius 3 is 3.08 bits per heavy atom. The van der Waals surface area contributed by atoms with E-state index in [0.29, 0.717) is 5.46 Å². The lowest BCUT2D eigenvalue weighted by molar-refractivity contribution is 0.341. The van der Waals surface area contributed by atoms with Gasteiger partial charge in [-0.1, -0.05) is 6.92 Å². The Balaban J connectivity index is 2.63. The number of nitrogens with zero attached hydrogens (tertiary/aromatic N) is 2. The van der Waals surface area contributed by atoms with E-state index in [-0.39, 0.29) is 0 Å². The van der Waals surface area contributed by atoms with Crippen molar-refractivity contribution in [3.05, 3.63) is 12.4 Å². The molecule has 0 fully saturated rings. The molecule has 4 nitrogen and oxygen atoms in total. The van der Waals surface area contributed by atoms with Crippen LogP contribution < -0.4 is 5.46 Å². The van der Waals surface area contributed by atoms with E-state index in [4.69, 9.17) is 4.65 Å². The molecule has 1 rings (SSSR count). The standard InChI is InChI=1S/C7H13BN2O2/c1-3-4-10-6-7(5-9-10)8(11)12-2/h5-6,11H,3-4H2,1-2H3. The zero-order chi connectivity index (χ0) is 8.97. The number of hydrogen-bond donors (Lipinski definition) is 1. The monoisotopic (exact) mass is 168 g/mol. The molecule has 0 bridgehead atoms. The van der Waals surface area contributed by atoms with E-state index in [2.05, 4.69) is 12.0 Å².